The van der Waals surface area contributed by atoms with Gasteiger partial charge in [0.1, 0.15) is 0 Å². The smallest absolute Gasteiger partial charge is 0.284 e. The molecule has 0 fully saturated rings. The molecule has 0 aromatic heterocycles. The van der Waals surface area contributed by atoms with Gasteiger partial charge in [0.25, 0.3) is 15.3 Å². The minimum atomic E-state index is -3.87. The second-order valence-electron chi connectivity index (χ2n) is 5.00. The summed E-state index contributed by atoms with van der Waals surface area (Å²) in [7, 11) is -3.87. The molecule has 2 aromatic rings. The molecule has 0 amide bonds. The molecule has 0 atom stereocenters. The van der Waals surface area contributed by atoms with E-state index in [-0.39, 0.29) is 10.7 Å². The van der Waals surface area contributed by atoms with Crippen LogP contribution in [0.1, 0.15) is 18.9 Å². The summed E-state index contributed by atoms with van der Waals surface area (Å²) < 4.78 is 34.7. The van der Waals surface area contributed by atoms with Gasteiger partial charge in [-0.25, -0.2) is 0 Å². The molecule has 0 radical (unpaired) electrons. The fraction of sp³-hybridized carbons (Fsp3) is 0.222. The van der Waals surface area contributed by atoms with Gasteiger partial charge < -0.3 is 4.74 Å². The molecule has 0 aliphatic carbocycles. The average Bonchev–Trinajstić information content (AvgIpc) is 2.65. The standard InChI is InChI=1S/C18H20N2O3S2/c1-3-14-23-18(24-2)19-17(15-10-6-4-7-11-15)20-25(21,22)16-12-8-5-9-13-16/h4-13H,3,14H2,1-2H3. The highest BCUT2D eigenvalue weighted by atomic mass is 32.2. The maximum atomic E-state index is 12.6. The first kappa shape index (κ1) is 19.2. The molecule has 0 saturated heterocycles. The quantitative estimate of drug-likeness (QED) is 0.585. The van der Waals surface area contributed by atoms with Crippen molar-refractivity contribution in [3.63, 3.8) is 0 Å². The number of benzene rings is 2. The van der Waals surface area contributed by atoms with Gasteiger partial charge in [-0.3, -0.25) is 0 Å². The lowest BCUT2D eigenvalue weighted by Crippen LogP contribution is -2.09. The molecule has 25 heavy (non-hydrogen) atoms. The van der Waals surface area contributed by atoms with Gasteiger partial charge in [-0.15, -0.1) is 4.40 Å². The van der Waals surface area contributed by atoms with E-state index in [0.29, 0.717) is 17.4 Å². The molecule has 0 bridgehead atoms. The maximum absolute atomic E-state index is 12.6. The van der Waals surface area contributed by atoms with Gasteiger partial charge in [-0.1, -0.05) is 67.2 Å². The summed E-state index contributed by atoms with van der Waals surface area (Å²) in [5.41, 5.74) is 0.605. The highest BCUT2D eigenvalue weighted by molar-refractivity contribution is 8.13. The molecule has 2 rings (SSSR count). The Morgan fingerprint density at radius 3 is 2.20 bits per heavy atom. The fourth-order valence-electron chi connectivity index (χ4n) is 1.90. The van der Waals surface area contributed by atoms with Crippen LogP contribution in [0.4, 0.5) is 0 Å². The summed E-state index contributed by atoms with van der Waals surface area (Å²) in [6.45, 7) is 2.50. The number of aliphatic imine (C=N–C) groups is 1. The van der Waals surface area contributed by atoms with Crippen LogP contribution in [0, 0.1) is 0 Å². The van der Waals surface area contributed by atoms with Gasteiger partial charge in [0.05, 0.1) is 11.5 Å². The van der Waals surface area contributed by atoms with Crippen LogP contribution in [0.25, 0.3) is 0 Å². The summed E-state index contributed by atoms with van der Waals surface area (Å²) in [5, 5.41) is 0.382. The van der Waals surface area contributed by atoms with Crippen molar-refractivity contribution in [2.75, 3.05) is 12.9 Å². The van der Waals surface area contributed by atoms with Crippen molar-refractivity contribution in [3.05, 3.63) is 66.2 Å². The lowest BCUT2D eigenvalue weighted by atomic mass is 10.2. The Kier molecular flexibility index (Phi) is 7.21. The highest BCUT2D eigenvalue weighted by Gasteiger charge is 2.15. The molecule has 0 aliphatic heterocycles. The van der Waals surface area contributed by atoms with E-state index in [1.807, 2.05) is 19.2 Å². The second kappa shape index (κ2) is 9.39. The van der Waals surface area contributed by atoms with Crippen molar-refractivity contribution in [2.24, 2.45) is 9.39 Å². The van der Waals surface area contributed by atoms with Crippen molar-refractivity contribution in [1.29, 1.82) is 0 Å². The van der Waals surface area contributed by atoms with Gasteiger partial charge in [-0.2, -0.15) is 13.4 Å². The fourth-order valence-corrected chi connectivity index (χ4v) is 3.26. The topological polar surface area (TPSA) is 68.1 Å². The van der Waals surface area contributed by atoms with E-state index in [4.69, 9.17) is 4.74 Å². The molecular weight excluding hydrogens is 356 g/mol. The van der Waals surface area contributed by atoms with E-state index in [1.54, 1.807) is 42.5 Å². The van der Waals surface area contributed by atoms with Crippen LogP contribution in [0.15, 0.2) is 74.9 Å². The SMILES string of the molecule is CCCOC(=NC(=NS(=O)(=O)c1ccccc1)c1ccccc1)SC. The highest BCUT2D eigenvalue weighted by Crippen LogP contribution is 2.15. The zero-order valence-electron chi connectivity index (χ0n) is 14.1. The van der Waals surface area contributed by atoms with Gasteiger partial charge in [0, 0.05) is 5.56 Å². The van der Waals surface area contributed by atoms with E-state index in [2.05, 4.69) is 9.39 Å². The Bertz CT molecular complexity index is 833. The average molecular weight is 377 g/mol. The lowest BCUT2D eigenvalue weighted by molar-refractivity contribution is 0.315. The van der Waals surface area contributed by atoms with Crippen LogP contribution in [-0.4, -0.2) is 32.3 Å². The van der Waals surface area contributed by atoms with E-state index in [9.17, 15) is 8.42 Å². The Balaban J connectivity index is 2.50. The Hall–Kier alpha value is -2.12. The Labute approximate surface area is 152 Å². The number of nitrogens with zero attached hydrogens (tertiary/aromatic N) is 2. The predicted octanol–water partition coefficient (Wildman–Crippen LogP) is 3.97. The van der Waals surface area contributed by atoms with Crippen LogP contribution in [0.3, 0.4) is 0 Å². The normalized spacial score (nSPS) is 12.9. The molecule has 132 valence electrons. The van der Waals surface area contributed by atoms with Crippen LogP contribution < -0.4 is 0 Å². The molecule has 0 aliphatic rings. The molecule has 0 saturated carbocycles. The number of rotatable bonds is 5. The van der Waals surface area contributed by atoms with E-state index in [0.717, 1.165) is 6.42 Å². The van der Waals surface area contributed by atoms with Gasteiger partial charge in [0.2, 0.25) is 0 Å². The molecule has 0 unspecified atom stereocenters. The molecule has 0 N–H and O–H groups in total. The van der Waals surface area contributed by atoms with Crippen molar-refractivity contribution in [1.82, 2.24) is 0 Å². The number of hydrogen-bond donors (Lipinski definition) is 0. The first-order valence-corrected chi connectivity index (χ1v) is 10.4. The summed E-state index contributed by atoms with van der Waals surface area (Å²) in [5.74, 6) is 0.102. The number of amidine groups is 1. The van der Waals surface area contributed by atoms with Crippen molar-refractivity contribution in [3.8, 4) is 0 Å². The summed E-state index contributed by atoms with van der Waals surface area (Å²) >= 11 is 1.31. The Morgan fingerprint density at radius 2 is 1.64 bits per heavy atom. The molecule has 0 heterocycles. The van der Waals surface area contributed by atoms with Crippen LogP contribution >= 0.6 is 11.8 Å². The monoisotopic (exact) mass is 376 g/mol. The van der Waals surface area contributed by atoms with Gasteiger partial charge >= 0.3 is 0 Å². The van der Waals surface area contributed by atoms with Gasteiger partial charge in [0.15, 0.2) is 5.84 Å². The van der Waals surface area contributed by atoms with Gasteiger partial charge in [-0.05, 0) is 24.8 Å². The third-order valence-corrected chi connectivity index (χ3v) is 4.92. The number of sulfonamides is 1. The first-order chi connectivity index (χ1) is 12.1. The molecule has 7 heteroatoms. The maximum Gasteiger partial charge on any atom is 0.284 e. The molecule has 2 aromatic carbocycles. The lowest BCUT2D eigenvalue weighted by Gasteiger charge is -2.07. The van der Waals surface area contributed by atoms with Crippen LogP contribution in [0.2, 0.25) is 0 Å². The van der Waals surface area contributed by atoms with Crippen molar-refractivity contribution < 1.29 is 13.2 Å². The van der Waals surface area contributed by atoms with E-state index < -0.39 is 10.0 Å². The first-order valence-electron chi connectivity index (χ1n) is 7.77. The summed E-state index contributed by atoms with van der Waals surface area (Å²) in [4.78, 5) is 4.47. The summed E-state index contributed by atoms with van der Waals surface area (Å²) in [6, 6.07) is 17.1. The summed E-state index contributed by atoms with van der Waals surface area (Å²) in [6.07, 6.45) is 2.66. The minimum absolute atomic E-state index is 0.102. The number of hydrogen-bond acceptors (Lipinski definition) is 4. The number of thioether (sulfide) groups is 1. The van der Waals surface area contributed by atoms with E-state index >= 15 is 0 Å². The molecular formula is C18H20N2O3S2. The molecule has 5 nitrogen and oxygen atoms in total. The predicted molar refractivity (Wildman–Crippen MR) is 104 cm³/mol. The van der Waals surface area contributed by atoms with Crippen LogP contribution in [0.5, 0.6) is 0 Å². The zero-order valence-corrected chi connectivity index (χ0v) is 15.8. The second-order valence-corrected chi connectivity index (χ2v) is 7.36. The zero-order chi connectivity index (χ0) is 18.1. The largest absolute Gasteiger partial charge is 0.473 e. The Morgan fingerprint density at radius 1 is 1.04 bits per heavy atom. The van der Waals surface area contributed by atoms with Crippen molar-refractivity contribution in [2.45, 2.75) is 18.2 Å². The van der Waals surface area contributed by atoms with Crippen LogP contribution in [-0.2, 0) is 14.8 Å². The van der Waals surface area contributed by atoms with E-state index in [1.165, 1.54) is 23.9 Å². The third-order valence-electron chi connectivity index (χ3n) is 3.08. The van der Waals surface area contributed by atoms with Crippen molar-refractivity contribution >= 4 is 32.9 Å². The molecule has 0 spiro atoms. The third kappa shape index (κ3) is 5.72. The minimum Gasteiger partial charge on any atom is -0.473 e. The number of ether oxygens (including phenoxy) is 1.